The van der Waals surface area contributed by atoms with E-state index in [2.05, 4.69) is 5.32 Å². The second-order valence-electron chi connectivity index (χ2n) is 5.06. The molecule has 1 heterocycles. The molecule has 0 aliphatic heterocycles. The van der Waals surface area contributed by atoms with Crippen LogP contribution < -0.4 is 10.1 Å². The summed E-state index contributed by atoms with van der Waals surface area (Å²) in [6, 6.07) is 9.29. The SMILES string of the molecule is CC(O)(CNC(=O)CCOc1ccccc1F)c1ccco1. The molecule has 0 bridgehead atoms. The van der Waals surface area contributed by atoms with E-state index in [9.17, 15) is 14.3 Å². The van der Waals surface area contributed by atoms with Crippen molar-refractivity contribution < 1.29 is 23.4 Å². The number of furan rings is 1. The van der Waals surface area contributed by atoms with Crippen molar-refractivity contribution in [3.63, 3.8) is 0 Å². The summed E-state index contributed by atoms with van der Waals surface area (Å²) in [6.07, 6.45) is 1.51. The summed E-state index contributed by atoms with van der Waals surface area (Å²) in [5.41, 5.74) is -1.29. The highest BCUT2D eigenvalue weighted by Crippen LogP contribution is 2.19. The molecule has 1 atom stereocenters. The Kier molecular flexibility index (Phi) is 5.16. The van der Waals surface area contributed by atoms with Gasteiger partial charge in [-0.05, 0) is 31.2 Å². The number of ether oxygens (including phenoxy) is 1. The number of amides is 1. The van der Waals surface area contributed by atoms with Gasteiger partial charge in [0.15, 0.2) is 11.6 Å². The van der Waals surface area contributed by atoms with Crippen LogP contribution in [0.1, 0.15) is 19.1 Å². The second kappa shape index (κ2) is 7.09. The molecule has 0 spiro atoms. The van der Waals surface area contributed by atoms with Gasteiger partial charge in [0.1, 0.15) is 11.4 Å². The maximum atomic E-state index is 13.3. The van der Waals surface area contributed by atoms with E-state index < -0.39 is 11.4 Å². The van der Waals surface area contributed by atoms with Crippen molar-refractivity contribution in [1.82, 2.24) is 5.32 Å². The number of aliphatic hydroxyl groups is 1. The average molecular weight is 307 g/mol. The lowest BCUT2D eigenvalue weighted by atomic mass is 10.0. The van der Waals surface area contributed by atoms with Crippen LogP contribution >= 0.6 is 0 Å². The number of carbonyl (C=O) groups excluding carboxylic acids is 1. The fourth-order valence-corrected chi connectivity index (χ4v) is 1.85. The number of carbonyl (C=O) groups is 1. The van der Waals surface area contributed by atoms with E-state index >= 15 is 0 Å². The summed E-state index contributed by atoms with van der Waals surface area (Å²) in [5.74, 6) is -0.292. The Morgan fingerprint density at radius 1 is 1.36 bits per heavy atom. The molecule has 2 rings (SSSR count). The van der Waals surface area contributed by atoms with Gasteiger partial charge < -0.3 is 19.6 Å². The smallest absolute Gasteiger partial charge is 0.223 e. The molecule has 1 aromatic heterocycles. The Labute approximate surface area is 127 Å². The molecule has 0 saturated heterocycles. The zero-order chi connectivity index (χ0) is 16.0. The van der Waals surface area contributed by atoms with Crippen LogP contribution in [-0.2, 0) is 10.4 Å². The summed E-state index contributed by atoms with van der Waals surface area (Å²) >= 11 is 0. The van der Waals surface area contributed by atoms with E-state index in [1.807, 2.05) is 0 Å². The molecule has 22 heavy (non-hydrogen) atoms. The van der Waals surface area contributed by atoms with Crippen LogP contribution in [0.4, 0.5) is 4.39 Å². The van der Waals surface area contributed by atoms with E-state index in [-0.39, 0.29) is 31.2 Å². The summed E-state index contributed by atoms with van der Waals surface area (Å²) in [6.45, 7) is 1.61. The molecule has 0 saturated carbocycles. The van der Waals surface area contributed by atoms with Gasteiger partial charge in [-0.25, -0.2) is 4.39 Å². The highest BCUT2D eigenvalue weighted by molar-refractivity contribution is 5.76. The molecular formula is C16H18FNO4. The molecular weight excluding hydrogens is 289 g/mol. The molecule has 118 valence electrons. The van der Waals surface area contributed by atoms with Gasteiger partial charge in [0.05, 0.1) is 25.8 Å². The maximum Gasteiger partial charge on any atom is 0.223 e. The van der Waals surface area contributed by atoms with Crippen molar-refractivity contribution in [1.29, 1.82) is 0 Å². The van der Waals surface area contributed by atoms with Gasteiger partial charge in [0.2, 0.25) is 5.91 Å². The molecule has 5 nitrogen and oxygen atoms in total. The number of para-hydroxylation sites is 1. The van der Waals surface area contributed by atoms with E-state index in [1.54, 1.807) is 31.2 Å². The molecule has 2 aromatic rings. The fourth-order valence-electron chi connectivity index (χ4n) is 1.85. The number of hydrogen-bond donors (Lipinski definition) is 2. The van der Waals surface area contributed by atoms with Gasteiger partial charge in [0, 0.05) is 0 Å². The lowest BCUT2D eigenvalue weighted by Crippen LogP contribution is -2.38. The first kappa shape index (κ1) is 16.0. The minimum absolute atomic E-state index is 0.0129. The number of halogens is 1. The highest BCUT2D eigenvalue weighted by Gasteiger charge is 2.26. The first-order chi connectivity index (χ1) is 10.5. The Morgan fingerprint density at radius 2 is 2.14 bits per heavy atom. The van der Waals surface area contributed by atoms with Crippen molar-refractivity contribution in [2.75, 3.05) is 13.2 Å². The molecule has 2 N–H and O–H groups in total. The average Bonchev–Trinajstić information content (AvgIpc) is 3.02. The lowest BCUT2D eigenvalue weighted by molar-refractivity contribution is -0.123. The largest absolute Gasteiger partial charge is 0.490 e. The van der Waals surface area contributed by atoms with Crippen LogP contribution in [0.25, 0.3) is 0 Å². The predicted octanol–water partition coefficient (Wildman–Crippen LogP) is 2.21. The summed E-state index contributed by atoms with van der Waals surface area (Å²) in [5, 5.41) is 12.8. The Bertz CT molecular complexity index is 610. The molecule has 1 unspecified atom stereocenters. The van der Waals surface area contributed by atoms with Gasteiger partial charge in [-0.2, -0.15) is 0 Å². The topological polar surface area (TPSA) is 71.7 Å². The van der Waals surface area contributed by atoms with Gasteiger partial charge in [-0.1, -0.05) is 12.1 Å². The third kappa shape index (κ3) is 4.33. The zero-order valence-corrected chi connectivity index (χ0v) is 12.2. The van der Waals surface area contributed by atoms with Gasteiger partial charge >= 0.3 is 0 Å². The highest BCUT2D eigenvalue weighted by atomic mass is 19.1. The Hall–Kier alpha value is -2.34. The monoisotopic (exact) mass is 307 g/mol. The predicted molar refractivity (Wildman–Crippen MR) is 77.8 cm³/mol. The van der Waals surface area contributed by atoms with E-state index in [1.165, 1.54) is 18.4 Å². The summed E-state index contributed by atoms with van der Waals surface area (Å²) in [7, 11) is 0. The van der Waals surface area contributed by atoms with E-state index in [0.29, 0.717) is 5.76 Å². The standard InChI is InChI=1S/C16H18FNO4/c1-16(20,14-7-4-9-22-14)11-18-15(19)8-10-21-13-6-3-2-5-12(13)17/h2-7,9,20H,8,10-11H2,1H3,(H,18,19). The second-order valence-corrected chi connectivity index (χ2v) is 5.06. The quantitative estimate of drug-likeness (QED) is 0.822. The normalized spacial score (nSPS) is 13.4. The van der Waals surface area contributed by atoms with Crippen molar-refractivity contribution in [3.8, 4) is 5.75 Å². The maximum absolute atomic E-state index is 13.3. The minimum Gasteiger partial charge on any atom is -0.490 e. The van der Waals surface area contributed by atoms with E-state index in [4.69, 9.17) is 9.15 Å². The molecule has 1 amide bonds. The number of hydrogen-bond acceptors (Lipinski definition) is 4. The summed E-state index contributed by atoms with van der Waals surface area (Å²) < 4.78 is 23.6. The zero-order valence-electron chi connectivity index (χ0n) is 12.2. The molecule has 0 aliphatic carbocycles. The van der Waals surface area contributed by atoms with Crippen LogP contribution in [0.5, 0.6) is 5.75 Å². The van der Waals surface area contributed by atoms with Crippen LogP contribution in [-0.4, -0.2) is 24.2 Å². The molecule has 0 radical (unpaired) electrons. The summed E-state index contributed by atoms with van der Waals surface area (Å²) in [4.78, 5) is 11.7. The number of nitrogens with one attached hydrogen (secondary N) is 1. The molecule has 0 fully saturated rings. The van der Waals surface area contributed by atoms with Gasteiger partial charge in [0.25, 0.3) is 0 Å². The van der Waals surface area contributed by atoms with Crippen molar-refractivity contribution in [2.24, 2.45) is 0 Å². The first-order valence-corrected chi connectivity index (χ1v) is 6.89. The third-order valence-corrected chi connectivity index (χ3v) is 3.11. The van der Waals surface area contributed by atoms with E-state index in [0.717, 1.165) is 0 Å². The minimum atomic E-state index is -1.29. The van der Waals surface area contributed by atoms with Crippen molar-refractivity contribution >= 4 is 5.91 Å². The molecule has 6 heteroatoms. The molecule has 1 aromatic carbocycles. The van der Waals surface area contributed by atoms with Crippen LogP contribution in [0.2, 0.25) is 0 Å². The number of rotatable bonds is 7. The molecule has 0 aliphatic rings. The van der Waals surface area contributed by atoms with Crippen LogP contribution in [0.3, 0.4) is 0 Å². The van der Waals surface area contributed by atoms with Crippen molar-refractivity contribution in [2.45, 2.75) is 18.9 Å². The van der Waals surface area contributed by atoms with Crippen LogP contribution in [0.15, 0.2) is 47.1 Å². The van der Waals surface area contributed by atoms with Gasteiger partial charge in [-0.15, -0.1) is 0 Å². The number of benzene rings is 1. The Balaban J connectivity index is 1.73. The lowest BCUT2D eigenvalue weighted by Gasteiger charge is -2.21. The van der Waals surface area contributed by atoms with Gasteiger partial charge in [-0.3, -0.25) is 4.79 Å². The third-order valence-electron chi connectivity index (χ3n) is 3.11. The van der Waals surface area contributed by atoms with Crippen molar-refractivity contribution in [3.05, 3.63) is 54.2 Å². The van der Waals surface area contributed by atoms with Crippen LogP contribution in [0, 0.1) is 5.82 Å². The fraction of sp³-hybridized carbons (Fsp3) is 0.312. The first-order valence-electron chi connectivity index (χ1n) is 6.89. The Morgan fingerprint density at radius 3 is 2.82 bits per heavy atom.